The molecule has 0 saturated carbocycles. The third kappa shape index (κ3) is 5.63. The highest BCUT2D eigenvalue weighted by Gasteiger charge is 2.35. The Kier molecular flexibility index (Phi) is 6.84. The van der Waals surface area contributed by atoms with Gasteiger partial charge < -0.3 is 14.3 Å². The van der Waals surface area contributed by atoms with E-state index in [4.69, 9.17) is 9.16 Å². The lowest BCUT2D eigenvalue weighted by atomic mass is 9.73. The van der Waals surface area contributed by atoms with Gasteiger partial charge in [0.15, 0.2) is 0 Å². The van der Waals surface area contributed by atoms with Crippen molar-refractivity contribution in [3.05, 3.63) is 58.7 Å². The Morgan fingerprint density at radius 1 is 0.966 bits per heavy atom. The van der Waals surface area contributed by atoms with E-state index in [2.05, 4.69) is 41.5 Å². The number of benzene rings is 2. The van der Waals surface area contributed by atoms with E-state index in [1.165, 1.54) is 0 Å². The molecule has 0 unspecified atom stereocenters. The molecule has 2 aromatic rings. The summed E-state index contributed by atoms with van der Waals surface area (Å²) in [6.07, 6.45) is 0. The Labute approximate surface area is 176 Å². The van der Waals surface area contributed by atoms with Gasteiger partial charge in [-0.25, -0.2) is 4.79 Å². The fourth-order valence-electron chi connectivity index (χ4n) is 3.42. The largest absolute Gasteiger partial charge is 0.542 e. The normalized spacial score (nSPS) is 12.2. The molecule has 5 heteroatoms. The predicted octanol–water partition coefficient (Wildman–Crippen LogP) is 6.19. The molecule has 0 fully saturated rings. The van der Waals surface area contributed by atoms with Gasteiger partial charge >= 0.3 is 5.97 Å². The maximum atomic E-state index is 12.1. The summed E-state index contributed by atoms with van der Waals surface area (Å²) in [4.78, 5) is 12.1. The van der Waals surface area contributed by atoms with Crippen molar-refractivity contribution in [1.82, 2.24) is 0 Å². The zero-order valence-electron chi connectivity index (χ0n) is 18.8. The summed E-state index contributed by atoms with van der Waals surface area (Å²) >= 11 is 0. The summed E-state index contributed by atoms with van der Waals surface area (Å²) in [6.45, 7) is 17.1. The Morgan fingerprint density at radius 3 is 1.97 bits per heavy atom. The number of carboxylic acid groups (broad SMARTS) is 1. The second-order valence-corrected chi connectivity index (χ2v) is 11.6. The second-order valence-electron chi connectivity index (χ2n) is 9.59. The molecule has 4 nitrogen and oxygen atoms in total. The Balaban J connectivity index is 2.77. The monoisotopic (exact) mass is 413 g/mol. The van der Waals surface area contributed by atoms with Crippen LogP contribution in [0.25, 0.3) is 0 Å². The summed E-state index contributed by atoms with van der Waals surface area (Å²) < 4.78 is 12.4. The molecule has 0 aliphatic rings. The number of rotatable bonds is 6. The van der Waals surface area contributed by atoms with E-state index in [9.17, 15) is 9.90 Å². The Morgan fingerprint density at radius 2 is 1.52 bits per heavy atom. The van der Waals surface area contributed by atoms with Crippen LogP contribution in [-0.2, 0) is 17.4 Å². The predicted molar refractivity (Wildman–Crippen MR) is 120 cm³/mol. The molecule has 29 heavy (non-hydrogen) atoms. The lowest BCUT2D eigenvalue weighted by Crippen LogP contribution is -2.27. The van der Waals surface area contributed by atoms with Gasteiger partial charge in [0.2, 0.25) is 0 Å². The van der Waals surface area contributed by atoms with Crippen LogP contribution in [0, 0.1) is 0 Å². The molecule has 1 N–H and O–H groups in total. The summed E-state index contributed by atoms with van der Waals surface area (Å²) in [7, 11) is -1.16. The number of ether oxygens (including phenoxy) is 1. The van der Waals surface area contributed by atoms with Crippen molar-refractivity contribution in [2.75, 3.05) is 0 Å². The van der Waals surface area contributed by atoms with E-state index < -0.39 is 15.0 Å². The average Bonchev–Trinajstić information content (AvgIpc) is 2.58. The fourth-order valence-corrected chi connectivity index (χ4v) is 4.04. The highest BCUT2D eigenvalue weighted by molar-refractivity contribution is 6.49. The minimum absolute atomic E-state index is 0.164. The molecular formula is C24H33O4Si. The number of hydrogen-bond acceptors (Lipinski definition) is 3. The van der Waals surface area contributed by atoms with Gasteiger partial charge in [-0.15, -0.1) is 0 Å². The van der Waals surface area contributed by atoms with E-state index in [0.29, 0.717) is 18.1 Å². The van der Waals surface area contributed by atoms with Crippen molar-refractivity contribution in [2.45, 2.75) is 72.1 Å². The number of carbonyl (C=O) groups is 1. The molecule has 0 atom stereocenters. The highest BCUT2D eigenvalue weighted by atomic mass is 28.3. The molecule has 0 spiro atoms. The summed E-state index contributed by atoms with van der Waals surface area (Å²) in [6, 6.07) is 11.5. The van der Waals surface area contributed by atoms with Gasteiger partial charge in [0, 0.05) is 11.1 Å². The third-order valence-electron chi connectivity index (χ3n) is 4.52. The van der Waals surface area contributed by atoms with Crippen LogP contribution >= 0.6 is 0 Å². The van der Waals surface area contributed by atoms with Crippen LogP contribution in [-0.4, -0.2) is 20.1 Å². The quantitative estimate of drug-likeness (QED) is 0.574. The minimum Gasteiger partial charge on any atom is -0.542 e. The minimum atomic E-state index is -1.16. The molecule has 0 saturated heterocycles. The molecule has 0 aliphatic heterocycles. The van der Waals surface area contributed by atoms with Crippen LogP contribution < -0.4 is 9.16 Å². The first kappa shape index (κ1) is 23.0. The van der Waals surface area contributed by atoms with E-state index in [-0.39, 0.29) is 16.4 Å². The first-order chi connectivity index (χ1) is 13.3. The zero-order valence-corrected chi connectivity index (χ0v) is 19.8. The zero-order chi connectivity index (χ0) is 22.0. The van der Waals surface area contributed by atoms with Gasteiger partial charge in [0.25, 0.3) is 9.04 Å². The standard InChI is InChI=1S/C24H33O4Si/c1-23(2,3)19-18(27-15-16-12-10-9-11-13-16)14-17(22(25)26)21(28-29(7)8)20(19)24(4,5)6/h9-14H,15H2,1-8H3,(H,25,26). The number of hydrogen-bond donors (Lipinski definition) is 1. The van der Waals surface area contributed by atoms with Crippen molar-refractivity contribution in [2.24, 2.45) is 0 Å². The Hall–Kier alpha value is -2.27. The van der Waals surface area contributed by atoms with Crippen LogP contribution in [0.5, 0.6) is 11.5 Å². The SMILES string of the molecule is C[Si](C)Oc1c(C(=O)O)cc(OCc2ccccc2)c(C(C)(C)C)c1C(C)(C)C. The Bertz CT molecular complexity index is 859. The molecule has 2 aromatic carbocycles. The number of carboxylic acids is 1. The average molecular weight is 414 g/mol. The molecule has 157 valence electrons. The highest BCUT2D eigenvalue weighted by Crippen LogP contribution is 2.47. The second kappa shape index (κ2) is 8.62. The topological polar surface area (TPSA) is 55.8 Å². The fraction of sp³-hybridized carbons (Fsp3) is 0.458. The summed E-state index contributed by atoms with van der Waals surface area (Å²) in [5.74, 6) is 0.0941. The van der Waals surface area contributed by atoms with Crippen molar-refractivity contribution >= 4 is 15.0 Å². The molecular weight excluding hydrogens is 380 g/mol. The first-order valence-electron chi connectivity index (χ1n) is 9.92. The van der Waals surface area contributed by atoms with Crippen molar-refractivity contribution in [3.63, 3.8) is 0 Å². The van der Waals surface area contributed by atoms with Crippen molar-refractivity contribution < 1.29 is 19.1 Å². The van der Waals surface area contributed by atoms with E-state index in [1.54, 1.807) is 6.07 Å². The maximum Gasteiger partial charge on any atom is 0.339 e. The van der Waals surface area contributed by atoms with Crippen molar-refractivity contribution in [1.29, 1.82) is 0 Å². The van der Waals surface area contributed by atoms with E-state index in [0.717, 1.165) is 16.7 Å². The van der Waals surface area contributed by atoms with Crippen LogP contribution in [0.2, 0.25) is 13.1 Å². The van der Waals surface area contributed by atoms with Gasteiger partial charge in [-0.3, -0.25) is 0 Å². The van der Waals surface area contributed by atoms with Crippen LogP contribution in [0.3, 0.4) is 0 Å². The molecule has 1 radical (unpaired) electrons. The maximum absolute atomic E-state index is 12.1. The van der Waals surface area contributed by atoms with Gasteiger partial charge in [0.1, 0.15) is 23.7 Å². The summed E-state index contributed by atoms with van der Waals surface area (Å²) in [5, 5.41) is 9.95. The van der Waals surface area contributed by atoms with Crippen LogP contribution in [0.1, 0.15) is 68.6 Å². The summed E-state index contributed by atoms with van der Waals surface area (Å²) in [5.41, 5.74) is 2.55. The van der Waals surface area contributed by atoms with Gasteiger partial charge in [-0.05, 0) is 35.6 Å². The van der Waals surface area contributed by atoms with E-state index >= 15 is 0 Å². The molecule has 0 bridgehead atoms. The lowest BCUT2D eigenvalue weighted by molar-refractivity contribution is 0.0694. The first-order valence-corrected chi connectivity index (χ1v) is 12.3. The van der Waals surface area contributed by atoms with E-state index in [1.807, 2.05) is 43.4 Å². The lowest BCUT2D eigenvalue weighted by Gasteiger charge is -2.35. The number of aromatic carboxylic acids is 1. The smallest absolute Gasteiger partial charge is 0.339 e. The van der Waals surface area contributed by atoms with Crippen LogP contribution in [0.15, 0.2) is 36.4 Å². The molecule has 0 aromatic heterocycles. The van der Waals surface area contributed by atoms with Crippen molar-refractivity contribution in [3.8, 4) is 11.5 Å². The molecule has 0 heterocycles. The van der Waals surface area contributed by atoms with Gasteiger partial charge in [0.05, 0.1) is 0 Å². The third-order valence-corrected chi connectivity index (χ3v) is 5.13. The molecule has 2 rings (SSSR count). The van der Waals surface area contributed by atoms with Gasteiger partial charge in [-0.2, -0.15) is 0 Å². The molecule has 0 amide bonds. The van der Waals surface area contributed by atoms with Crippen LogP contribution in [0.4, 0.5) is 0 Å². The molecule has 0 aliphatic carbocycles. The van der Waals surface area contributed by atoms with Gasteiger partial charge in [-0.1, -0.05) is 71.9 Å².